The average molecular weight is 760 g/mol. The summed E-state index contributed by atoms with van der Waals surface area (Å²) in [5, 5.41) is 13.2. The van der Waals surface area contributed by atoms with Crippen molar-refractivity contribution in [2.24, 2.45) is 0 Å². The van der Waals surface area contributed by atoms with E-state index in [2.05, 4.69) is 102 Å². The molecular weight excluding hydrogens is 715 g/mol. The van der Waals surface area contributed by atoms with Gasteiger partial charge in [0, 0.05) is 38.4 Å². The Labute approximate surface area is 332 Å². The lowest BCUT2D eigenvalue weighted by atomic mass is 9.80. The third kappa shape index (κ3) is 7.25. The zero-order valence-electron chi connectivity index (χ0n) is 31.3. The summed E-state index contributed by atoms with van der Waals surface area (Å²) in [6.07, 6.45) is 1.06. The van der Waals surface area contributed by atoms with E-state index in [1.54, 1.807) is 11.3 Å². The van der Waals surface area contributed by atoms with Crippen LogP contribution in [-0.4, -0.2) is 49.5 Å². The molecule has 56 heavy (non-hydrogen) atoms. The largest absolute Gasteiger partial charge is 0.492 e. The number of thiophene rings is 1. The summed E-state index contributed by atoms with van der Waals surface area (Å²) in [5.74, 6) is 1.46. The maximum Gasteiger partial charge on any atom is 0.187 e. The molecular formula is C49H45NO5S. The first-order chi connectivity index (χ1) is 27.7. The topological polar surface area (TPSA) is 60.4 Å². The molecule has 0 spiro atoms. The number of fused-ring (bicyclic) bond motifs is 1. The summed E-state index contributed by atoms with van der Waals surface area (Å²) in [4.78, 5) is 3.43. The highest BCUT2D eigenvalue weighted by atomic mass is 32.1. The Hall–Kier alpha value is -5.28. The number of hydrogen-bond donors (Lipinski definition) is 1. The fraction of sp³-hybridized carbons (Fsp3) is 0.224. The molecule has 1 N–H and O–H groups in total. The summed E-state index contributed by atoms with van der Waals surface area (Å²) >= 11 is 1.68. The first kappa shape index (κ1) is 36.4. The van der Waals surface area contributed by atoms with Gasteiger partial charge in [0.15, 0.2) is 11.9 Å². The van der Waals surface area contributed by atoms with Crippen molar-refractivity contribution < 1.29 is 24.1 Å². The van der Waals surface area contributed by atoms with Gasteiger partial charge in [-0.05, 0) is 78.8 Å². The van der Waals surface area contributed by atoms with Crippen LogP contribution in [0, 0.1) is 0 Å². The molecule has 0 bridgehead atoms. The van der Waals surface area contributed by atoms with Crippen molar-refractivity contribution in [2.45, 2.75) is 30.8 Å². The molecule has 7 heteroatoms. The molecule has 6 nitrogen and oxygen atoms in total. The first-order valence-electron chi connectivity index (χ1n) is 19.5. The molecule has 6 aromatic carbocycles. The van der Waals surface area contributed by atoms with E-state index in [0.717, 1.165) is 79.3 Å². The van der Waals surface area contributed by atoms with Crippen molar-refractivity contribution in [2.75, 3.05) is 39.5 Å². The predicted octanol–water partition coefficient (Wildman–Crippen LogP) is 10.5. The molecule has 1 atom stereocenters. The van der Waals surface area contributed by atoms with Gasteiger partial charge in [-0.3, -0.25) is 4.90 Å². The number of likely N-dealkylation sites (tertiary alicyclic amines) is 1. The maximum atomic E-state index is 12.2. The van der Waals surface area contributed by atoms with Crippen LogP contribution in [0.15, 0.2) is 158 Å². The molecule has 0 radical (unpaired) electrons. The van der Waals surface area contributed by atoms with E-state index in [0.29, 0.717) is 25.6 Å². The number of rotatable bonds is 13. The van der Waals surface area contributed by atoms with Crippen LogP contribution in [0.3, 0.4) is 0 Å². The molecule has 1 aromatic heterocycles. The van der Waals surface area contributed by atoms with E-state index in [-0.39, 0.29) is 0 Å². The smallest absolute Gasteiger partial charge is 0.187 e. The lowest BCUT2D eigenvalue weighted by Gasteiger charge is -2.37. The Morgan fingerprint density at radius 2 is 1.29 bits per heavy atom. The van der Waals surface area contributed by atoms with E-state index in [9.17, 15) is 5.11 Å². The van der Waals surface area contributed by atoms with Gasteiger partial charge < -0.3 is 24.1 Å². The number of nitrogens with zero attached hydrogens (tertiary/aromatic N) is 1. The third-order valence-electron chi connectivity index (χ3n) is 10.9. The van der Waals surface area contributed by atoms with E-state index in [1.165, 1.54) is 12.8 Å². The van der Waals surface area contributed by atoms with Crippen LogP contribution in [-0.2, 0) is 15.1 Å². The van der Waals surface area contributed by atoms with Crippen molar-refractivity contribution in [3.63, 3.8) is 0 Å². The van der Waals surface area contributed by atoms with Crippen molar-refractivity contribution >= 4 is 21.4 Å². The molecule has 0 saturated carbocycles. The first-order valence-corrected chi connectivity index (χ1v) is 20.4. The number of ether oxygens (including phenoxy) is 4. The van der Waals surface area contributed by atoms with Gasteiger partial charge in [0.1, 0.15) is 24.2 Å². The van der Waals surface area contributed by atoms with E-state index < -0.39 is 18.0 Å². The standard InChI is InChI=1S/C49H45NO5S/c51-46(35-22-25-40(26-23-35)52-31-30-50-28-12-13-29-50)45-41-20-10-11-21-44(41)56-47(45)36-24-27-43(42(34-36)48-53-32-33-54-48)55-49(37-14-4-1-5-15-37,38-16-6-2-7-17-38)39-18-8-3-9-19-39/h1-11,14-27,34,46,48,51H,12-13,28-33H2. The van der Waals surface area contributed by atoms with Crippen LogP contribution in [0.25, 0.3) is 20.5 Å². The van der Waals surface area contributed by atoms with Crippen LogP contribution < -0.4 is 9.47 Å². The maximum absolute atomic E-state index is 12.2. The second-order valence-corrected chi connectivity index (χ2v) is 15.5. The van der Waals surface area contributed by atoms with E-state index in [4.69, 9.17) is 18.9 Å². The molecule has 7 aromatic rings. The molecule has 2 fully saturated rings. The molecule has 1 unspecified atom stereocenters. The number of aliphatic hydroxyl groups excluding tert-OH is 1. The second-order valence-electron chi connectivity index (χ2n) is 14.4. The van der Waals surface area contributed by atoms with Crippen molar-refractivity contribution in [3.8, 4) is 21.9 Å². The second kappa shape index (κ2) is 16.4. The van der Waals surface area contributed by atoms with Gasteiger partial charge in [-0.1, -0.05) is 121 Å². The Kier molecular flexibility index (Phi) is 10.7. The lowest BCUT2D eigenvalue weighted by Crippen LogP contribution is -2.36. The van der Waals surface area contributed by atoms with Crippen molar-refractivity contribution in [1.82, 2.24) is 4.90 Å². The Bertz CT molecular complexity index is 2260. The Balaban J connectivity index is 1.11. The molecule has 0 amide bonds. The molecule has 2 aliphatic heterocycles. The molecule has 2 saturated heterocycles. The molecule has 2 aliphatic rings. The normalized spacial score (nSPS) is 15.7. The minimum absolute atomic E-state index is 0.486. The van der Waals surface area contributed by atoms with Crippen LogP contribution >= 0.6 is 11.3 Å². The Morgan fingerprint density at radius 3 is 1.91 bits per heavy atom. The highest BCUT2D eigenvalue weighted by Crippen LogP contribution is 2.48. The minimum atomic E-state index is -0.984. The van der Waals surface area contributed by atoms with Gasteiger partial charge in [-0.25, -0.2) is 0 Å². The van der Waals surface area contributed by atoms with Gasteiger partial charge >= 0.3 is 0 Å². The lowest BCUT2D eigenvalue weighted by molar-refractivity contribution is -0.0469. The summed E-state index contributed by atoms with van der Waals surface area (Å²) in [6.45, 7) is 4.86. The SMILES string of the molecule is OC(c1ccc(OCCN2CCCC2)cc1)c1c(-c2ccc(OC(c3ccccc3)(c3ccccc3)c3ccccc3)c(C3OCCO3)c2)sc2ccccc12. The Morgan fingerprint density at radius 1 is 0.696 bits per heavy atom. The molecule has 9 rings (SSSR count). The number of hydrogen-bond acceptors (Lipinski definition) is 7. The molecule has 0 aliphatic carbocycles. The van der Waals surface area contributed by atoms with E-state index in [1.807, 2.05) is 60.7 Å². The van der Waals surface area contributed by atoms with Gasteiger partial charge in [0.25, 0.3) is 0 Å². The zero-order chi connectivity index (χ0) is 37.7. The summed E-state index contributed by atoms with van der Waals surface area (Å²) in [7, 11) is 0. The van der Waals surface area contributed by atoms with Gasteiger partial charge in [-0.15, -0.1) is 11.3 Å². The third-order valence-corrected chi connectivity index (χ3v) is 12.2. The van der Waals surface area contributed by atoms with Gasteiger partial charge in [-0.2, -0.15) is 0 Å². The minimum Gasteiger partial charge on any atom is -0.492 e. The zero-order valence-corrected chi connectivity index (χ0v) is 32.1. The summed E-state index contributed by atoms with van der Waals surface area (Å²) in [5.41, 5.74) is 5.43. The van der Waals surface area contributed by atoms with Crippen LogP contribution in [0.5, 0.6) is 11.5 Å². The monoisotopic (exact) mass is 759 g/mol. The highest BCUT2D eigenvalue weighted by molar-refractivity contribution is 7.22. The average Bonchev–Trinajstić information content (AvgIpc) is 4.07. The van der Waals surface area contributed by atoms with Crippen LogP contribution in [0.4, 0.5) is 0 Å². The summed E-state index contributed by atoms with van der Waals surface area (Å²) < 4.78 is 27.1. The number of benzene rings is 6. The fourth-order valence-electron chi connectivity index (χ4n) is 8.13. The number of aliphatic hydroxyl groups is 1. The molecule has 3 heterocycles. The van der Waals surface area contributed by atoms with Crippen LogP contribution in [0.1, 0.15) is 58.6 Å². The highest BCUT2D eigenvalue weighted by Gasteiger charge is 2.40. The van der Waals surface area contributed by atoms with Crippen molar-refractivity contribution in [3.05, 3.63) is 191 Å². The predicted molar refractivity (Wildman–Crippen MR) is 223 cm³/mol. The van der Waals surface area contributed by atoms with Crippen LogP contribution in [0.2, 0.25) is 0 Å². The van der Waals surface area contributed by atoms with Crippen molar-refractivity contribution in [1.29, 1.82) is 0 Å². The van der Waals surface area contributed by atoms with Gasteiger partial charge in [0.2, 0.25) is 0 Å². The molecule has 282 valence electrons. The fourth-order valence-corrected chi connectivity index (χ4v) is 9.36. The quantitative estimate of drug-likeness (QED) is 0.118. The van der Waals surface area contributed by atoms with Gasteiger partial charge in [0.05, 0.1) is 18.8 Å². The van der Waals surface area contributed by atoms with E-state index >= 15 is 0 Å². The summed E-state index contributed by atoms with van der Waals surface area (Å²) in [6, 6.07) is 53.6.